The van der Waals surface area contributed by atoms with Gasteiger partial charge in [0.15, 0.2) is 0 Å². The minimum Gasteiger partial charge on any atom is -0.497 e. The van der Waals surface area contributed by atoms with Crippen molar-refractivity contribution in [1.29, 1.82) is 0 Å². The molecule has 616 valence electrons. The van der Waals surface area contributed by atoms with Gasteiger partial charge < -0.3 is 47.9 Å². The predicted octanol–water partition coefficient (Wildman–Crippen LogP) is 15.5. The van der Waals surface area contributed by atoms with Crippen LogP contribution in [-0.4, -0.2) is 188 Å². The number of aromatic nitrogens is 12. The molecule has 1 saturated heterocycles. The van der Waals surface area contributed by atoms with Gasteiger partial charge in [-0.3, -0.25) is 58.0 Å². The van der Waals surface area contributed by atoms with E-state index in [-0.39, 0.29) is 36.7 Å². The molecule has 14 aromatic rings. The number of carbonyl (C=O) groups is 4. The van der Waals surface area contributed by atoms with Crippen LogP contribution < -0.4 is 38.4 Å². The van der Waals surface area contributed by atoms with Crippen LogP contribution in [0, 0.1) is 11.8 Å². The maximum absolute atomic E-state index is 13.2. The Kier molecular flexibility index (Phi) is 24.4. The first kappa shape index (κ1) is 80.8. The molecule has 8 aromatic carbocycles. The van der Waals surface area contributed by atoms with Gasteiger partial charge in [-0.25, -0.2) is 15.0 Å². The van der Waals surface area contributed by atoms with Gasteiger partial charge in [0.2, 0.25) is 0 Å². The van der Waals surface area contributed by atoms with Crippen LogP contribution in [0.4, 0.5) is 34.1 Å². The molecule has 4 aliphatic rings. The first-order chi connectivity index (χ1) is 59.1. The summed E-state index contributed by atoms with van der Waals surface area (Å²) in [4.78, 5) is 90.3. The van der Waals surface area contributed by atoms with Crippen molar-refractivity contribution < 1.29 is 52.3 Å². The number of fused-ring (bicyclic) bond motifs is 5. The van der Waals surface area contributed by atoms with Gasteiger partial charge in [-0.2, -0.15) is 15.3 Å². The van der Waals surface area contributed by atoms with Crippen LogP contribution >= 0.6 is 0 Å². The molecule has 1 saturated carbocycles. The smallest absolute Gasteiger partial charge is 0.261 e. The van der Waals surface area contributed by atoms with Crippen molar-refractivity contribution in [3.8, 4) is 62.5 Å². The molecule has 0 bridgehead atoms. The predicted molar refractivity (Wildman–Crippen MR) is 462 cm³/mol. The molecule has 9 heterocycles. The summed E-state index contributed by atoms with van der Waals surface area (Å²) in [5.74, 6) is 3.39. The molecule has 28 nitrogen and oxygen atoms in total. The van der Waals surface area contributed by atoms with Crippen molar-refractivity contribution in [2.75, 3.05) is 110 Å². The van der Waals surface area contributed by atoms with Crippen LogP contribution in [0.5, 0.6) is 28.7 Å². The number of benzene rings is 8. The molecule has 2 fully saturated rings. The van der Waals surface area contributed by atoms with Gasteiger partial charge in [0.1, 0.15) is 28.7 Å². The van der Waals surface area contributed by atoms with E-state index in [2.05, 4.69) is 73.5 Å². The van der Waals surface area contributed by atoms with E-state index in [1.54, 1.807) is 127 Å². The Bertz CT molecular complexity index is 6020. The van der Waals surface area contributed by atoms with Crippen molar-refractivity contribution in [2.45, 2.75) is 58.5 Å². The summed E-state index contributed by atoms with van der Waals surface area (Å²) in [5.41, 5.74) is 17.9. The molecule has 0 N–H and O–H groups in total. The van der Waals surface area contributed by atoms with E-state index in [0.29, 0.717) is 87.8 Å². The normalized spacial score (nSPS) is 13.7. The van der Waals surface area contributed by atoms with E-state index in [9.17, 15) is 19.2 Å². The molecule has 6 aromatic heterocycles. The number of rotatable bonds is 29. The molecule has 4 amide bonds. The summed E-state index contributed by atoms with van der Waals surface area (Å²) < 4.78 is 44.3. The van der Waals surface area contributed by atoms with Crippen molar-refractivity contribution in [3.05, 3.63) is 241 Å². The van der Waals surface area contributed by atoms with E-state index < -0.39 is 0 Å². The maximum atomic E-state index is 13.2. The Morgan fingerprint density at radius 1 is 0.405 bits per heavy atom. The zero-order valence-electron chi connectivity index (χ0n) is 68.8. The van der Waals surface area contributed by atoms with Crippen molar-refractivity contribution >= 4 is 90.9 Å². The second kappa shape index (κ2) is 36.5. The number of hydrogen-bond acceptors (Lipinski definition) is 23. The van der Waals surface area contributed by atoms with Crippen molar-refractivity contribution in [1.82, 2.24) is 69.0 Å². The van der Waals surface area contributed by atoms with E-state index >= 15 is 0 Å². The number of ether oxygens (including phenoxy) is 7. The third-order valence-electron chi connectivity index (χ3n) is 22.0. The maximum Gasteiger partial charge on any atom is 0.261 e. The molecule has 18 rings (SSSR count). The Morgan fingerprint density at radius 3 is 1.22 bits per heavy atom. The molecule has 28 heteroatoms. The second-order valence-corrected chi connectivity index (χ2v) is 30.1. The first-order valence-electron chi connectivity index (χ1n) is 40.4. The number of carbonyl (C=O) groups excluding carboxylic acids is 4. The monoisotopic (exact) mass is 1620 g/mol. The molecule has 0 radical (unpaired) electrons. The molecular formula is C93H93N17O11. The fourth-order valence-electron chi connectivity index (χ4n) is 15.3. The fraction of sp³-hybridized carbons (Fsp3) is 0.280. The number of amides is 4. The van der Waals surface area contributed by atoms with Gasteiger partial charge in [-0.15, -0.1) is 0 Å². The van der Waals surface area contributed by atoms with Gasteiger partial charge in [0.25, 0.3) is 23.6 Å². The summed E-state index contributed by atoms with van der Waals surface area (Å²) in [6.07, 6.45) is 23.2. The third kappa shape index (κ3) is 18.2. The van der Waals surface area contributed by atoms with Crippen LogP contribution in [0.2, 0.25) is 0 Å². The summed E-state index contributed by atoms with van der Waals surface area (Å²) in [6.45, 7) is 8.02. The molecule has 121 heavy (non-hydrogen) atoms. The zero-order valence-corrected chi connectivity index (χ0v) is 68.8. The summed E-state index contributed by atoms with van der Waals surface area (Å²) in [6, 6.07) is 49.4. The fourth-order valence-corrected chi connectivity index (χ4v) is 15.3. The lowest BCUT2D eigenvalue weighted by Crippen LogP contribution is -2.36. The van der Waals surface area contributed by atoms with Gasteiger partial charge in [-0.05, 0) is 147 Å². The number of imide groups is 2. The molecular weight excluding hydrogens is 1530 g/mol. The first-order valence-corrected chi connectivity index (χ1v) is 40.4. The third-order valence-corrected chi connectivity index (χ3v) is 22.0. The van der Waals surface area contributed by atoms with Crippen molar-refractivity contribution in [3.63, 3.8) is 0 Å². The Balaban J connectivity index is 0.000000137. The lowest BCUT2D eigenvalue weighted by atomic mass is 10.0. The van der Waals surface area contributed by atoms with E-state index in [0.717, 1.165) is 154 Å². The van der Waals surface area contributed by atoms with Crippen molar-refractivity contribution in [2.24, 2.45) is 18.9 Å². The van der Waals surface area contributed by atoms with Crippen LogP contribution in [0.25, 0.3) is 66.9 Å². The molecule has 0 spiro atoms. The number of aryl methyl sites for hydroxylation is 2. The Labute approximate surface area is 699 Å². The summed E-state index contributed by atoms with van der Waals surface area (Å²) in [5, 5.41) is 13.3. The number of methoxy groups -OCH3 is 6. The topological polar surface area (TPSA) is 280 Å². The molecule has 0 atom stereocenters. The minimum absolute atomic E-state index is 0.169. The van der Waals surface area contributed by atoms with E-state index in [1.807, 2.05) is 124 Å². The van der Waals surface area contributed by atoms with Crippen LogP contribution in [0.3, 0.4) is 0 Å². The van der Waals surface area contributed by atoms with Crippen LogP contribution in [0.1, 0.15) is 86.0 Å². The highest BCUT2D eigenvalue weighted by Crippen LogP contribution is 2.41. The van der Waals surface area contributed by atoms with Gasteiger partial charge in [-0.1, -0.05) is 31.2 Å². The SMILES string of the molecule is CCCn1cc(-c2cnc3ccc(N(CCN4C(=O)c5ccccc5C4=O)c4cc(OC)cc(OC)c4)cc3n2)cn1.COCCc1cc(OC)cc(N(CC2CC2)c2ccc3ncc(-c4cnn(C)c4)nc3c2)c1.COc1cc(OC)cc(N(CCN2C(=O)c3ccccc3C2=O)c2ccc3ncc(-c4cnn(CC5CCOCC5)c4)nc3c2)c1. The second-order valence-electron chi connectivity index (χ2n) is 30.1. The average molecular weight is 1620 g/mol. The Morgan fingerprint density at radius 2 is 0.810 bits per heavy atom. The summed E-state index contributed by atoms with van der Waals surface area (Å²) in [7, 11) is 11.7. The molecule has 1 aliphatic carbocycles. The van der Waals surface area contributed by atoms with Gasteiger partial charge in [0, 0.05) is 185 Å². The lowest BCUT2D eigenvalue weighted by Gasteiger charge is -2.28. The summed E-state index contributed by atoms with van der Waals surface area (Å²) >= 11 is 0. The van der Waals surface area contributed by atoms with Gasteiger partial charge >= 0.3 is 0 Å². The van der Waals surface area contributed by atoms with Crippen LogP contribution in [-0.2, 0) is 36.0 Å². The highest BCUT2D eigenvalue weighted by Gasteiger charge is 2.37. The Hall–Kier alpha value is -14.0. The van der Waals surface area contributed by atoms with Gasteiger partial charge in [0.05, 0.1) is 152 Å². The zero-order chi connectivity index (χ0) is 83.6. The highest BCUT2D eigenvalue weighted by molar-refractivity contribution is 6.22. The number of hydrogen-bond donors (Lipinski definition) is 0. The number of nitrogens with zero attached hydrogens (tertiary/aromatic N) is 17. The quantitative estimate of drug-likeness (QED) is 0.0394. The standard InChI is InChI=1S/C35H34N6O5.C32H30N6O4.C26H29N5O2/c1-44-27-15-26(16-28(18-27)45-2)40(11-12-41-34(42)29-5-3-4-6-30(29)35(41)43)25-7-8-31-32(17-25)38-33(20-36-31)24-19-37-39(22-24)21-23-9-13-46-14-10-23;1-4-11-36-20-21(18-34-36)30-19-33-28-10-9-22(16-29(28)35-30)37(23-14-24(41-2)17-25(15-23)42-3)12-13-38-31(39)26-7-5-6-8-27(26)32(38)40;1-30-17-20(14-28-30)26-15-27-24-7-6-21(13-25(24)29-26)31(16-18-4-5-18)22-10-19(8-9-32-2)11-23(12-22)33-3/h3-8,15-20,22-23H,9-14,21H2,1-2H3;5-10,14-20H,4,11-13H2,1-3H3;6-7,10-15,17-18H,4-5,8-9,16H2,1-3H3. The van der Waals surface area contributed by atoms with E-state index in [4.69, 9.17) is 53.1 Å². The lowest BCUT2D eigenvalue weighted by molar-refractivity contribution is 0.0601. The molecule has 3 aliphatic heterocycles. The average Bonchev–Trinajstić information content (AvgIpc) is 1.74. The highest BCUT2D eigenvalue weighted by atomic mass is 16.5. The largest absolute Gasteiger partial charge is 0.497 e. The van der Waals surface area contributed by atoms with E-state index in [1.165, 1.54) is 28.2 Å². The molecule has 0 unspecified atom stereocenters. The minimum atomic E-state index is -0.296. The van der Waals surface area contributed by atoms with Crippen LogP contribution in [0.15, 0.2) is 213 Å². The number of anilines is 6.